The highest BCUT2D eigenvalue weighted by Crippen LogP contribution is 2.23. The van der Waals surface area contributed by atoms with Crippen LogP contribution in [0.3, 0.4) is 0 Å². The van der Waals surface area contributed by atoms with Gasteiger partial charge in [-0.2, -0.15) is 0 Å². The predicted octanol–water partition coefficient (Wildman–Crippen LogP) is 2.68. The summed E-state index contributed by atoms with van der Waals surface area (Å²) in [6.07, 6.45) is 8.62. The van der Waals surface area contributed by atoms with Crippen molar-refractivity contribution in [1.29, 1.82) is 0 Å². The van der Waals surface area contributed by atoms with Crippen LogP contribution in [0.4, 0.5) is 4.39 Å². The third kappa shape index (κ3) is 3.47. The second-order valence-electron chi connectivity index (χ2n) is 5.86. The van der Waals surface area contributed by atoms with Crippen molar-refractivity contribution < 1.29 is 4.39 Å². The summed E-state index contributed by atoms with van der Waals surface area (Å²) in [4.78, 5) is 23.1. The second kappa shape index (κ2) is 6.78. The minimum Gasteiger partial charge on any atom is -0.294 e. The van der Waals surface area contributed by atoms with Gasteiger partial charge in [0.05, 0.1) is 17.5 Å². The molecule has 0 aliphatic carbocycles. The zero-order chi connectivity index (χ0) is 17.2. The van der Waals surface area contributed by atoms with E-state index in [2.05, 4.69) is 29.8 Å². The number of aromatic nitrogens is 5. The number of nitrogens with zero attached hydrogens (tertiary/aromatic N) is 6. The molecular weight excluding hydrogens is 343 g/mol. The van der Waals surface area contributed by atoms with E-state index in [0.29, 0.717) is 29.6 Å². The van der Waals surface area contributed by atoms with Crippen molar-refractivity contribution in [3.8, 4) is 11.4 Å². The van der Waals surface area contributed by atoms with Crippen molar-refractivity contribution >= 4 is 11.6 Å². The lowest BCUT2D eigenvalue weighted by atomic mass is 10.1. The first-order chi connectivity index (χ1) is 12.2. The fraction of sp³-hybridized carbons (Fsp3) is 0.235. The van der Waals surface area contributed by atoms with Crippen molar-refractivity contribution in [2.45, 2.75) is 19.5 Å². The molecule has 0 saturated heterocycles. The van der Waals surface area contributed by atoms with Crippen LogP contribution < -0.4 is 0 Å². The summed E-state index contributed by atoms with van der Waals surface area (Å²) in [6.45, 7) is 2.03. The summed E-state index contributed by atoms with van der Waals surface area (Å²) in [5.41, 5.74) is 3.57. The lowest BCUT2D eigenvalue weighted by molar-refractivity contribution is 0.242. The van der Waals surface area contributed by atoms with Crippen LogP contribution in [0.1, 0.15) is 16.8 Å². The van der Waals surface area contributed by atoms with Crippen molar-refractivity contribution in [2.75, 3.05) is 6.54 Å². The number of hydrogen-bond acceptors (Lipinski definition) is 6. The summed E-state index contributed by atoms with van der Waals surface area (Å²) < 4.78 is 13.4. The Morgan fingerprint density at radius 1 is 1.12 bits per heavy atom. The fourth-order valence-electron chi connectivity index (χ4n) is 2.88. The van der Waals surface area contributed by atoms with Gasteiger partial charge < -0.3 is 0 Å². The zero-order valence-corrected chi connectivity index (χ0v) is 14.0. The molecule has 1 aliphatic rings. The van der Waals surface area contributed by atoms with E-state index >= 15 is 0 Å². The summed E-state index contributed by atoms with van der Waals surface area (Å²) in [5.74, 6) is 0.250. The van der Waals surface area contributed by atoms with E-state index in [9.17, 15) is 4.39 Å². The molecule has 0 bridgehead atoms. The number of pyridine rings is 1. The van der Waals surface area contributed by atoms with Gasteiger partial charge >= 0.3 is 0 Å². The van der Waals surface area contributed by atoms with Crippen LogP contribution in [-0.2, 0) is 19.5 Å². The molecule has 0 spiro atoms. The van der Waals surface area contributed by atoms with Gasteiger partial charge in [-0.15, -0.1) is 0 Å². The molecule has 126 valence electrons. The Labute approximate surface area is 148 Å². The Kier molecular flexibility index (Phi) is 4.33. The molecule has 0 aromatic carbocycles. The van der Waals surface area contributed by atoms with Crippen LogP contribution in [0, 0.1) is 5.82 Å². The summed E-state index contributed by atoms with van der Waals surface area (Å²) in [5, 5.41) is 0.336. The average molecular weight is 357 g/mol. The van der Waals surface area contributed by atoms with Gasteiger partial charge in [-0.3, -0.25) is 4.90 Å². The van der Waals surface area contributed by atoms with Crippen molar-refractivity contribution in [1.82, 2.24) is 29.8 Å². The third-order valence-electron chi connectivity index (χ3n) is 4.10. The molecule has 6 nitrogen and oxygen atoms in total. The molecule has 3 aromatic rings. The van der Waals surface area contributed by atoms with Gasteiger partial charge in [0.2, 0.25) is 0 Å². The van der Waals surface area contributed by atoms with Gasteiger partial charge in [-0.05, 0) is 6.07 Å². The summed E-state index contributed by atoms with van der Waals surface area (Å²) in [7, 11) is 0. The number of halogens is 2. The first-order valence-electron chi connectivity index (χ1n) is 7.81. The highest BCUT2D eigenvalue weighted by atomic mass is 35.5. The van der Waals surface area contributed by atoms with Crippen LogP contribution >= 0.6 is 11.6 Å². The summed E-state index contributed by atoms with van der Waals surface area (Å²) >= 11 is 6.06. The molecule has 4 heterocycles. The van der Waals surface area contributed by atoms with Gasteiger partial charge in [0.15, 0.2) is 5.82 Å². The topological polar surface area (TPSA) is 67.7 Å². The highest BCUT2D eigenvalue weighted by Gasteiger charge is 2.20. The first-order valence-corrected chi connectivity index (χ1v) is 8.19. The minimum absolute atomic E-state index is 0.336. The molecule has 3 aromatic heterocycles. The van der Waals surface area contributed by atoms with Gasteiger partial charge in [-0.1, -0.05) is 11.6 Å². The largest absolute Gasteiger partial charge is 0.294 e. The molecular formula is C17H14ClFN6. The van der Waals surface area contributed by atoms with Crippen LogP contribution in [0.25, 0.3) is 11.4 Å². The predicted molar refractivity (Wildman–Crippen MR) is 90.1 cm³/mol. The molecule has 0 amide bonds. The van der Waals surface area contributed by atoms with E-state index in [-0.39, 0.29) is 5.82 Å². The molecule has 1 aliphatic heterocycles. The van der Waals surface area contributed by atoms with Crippen LogP contribution in [-0.4, -0.2) is 36.4 Å². The Morgan fingerprint density at radius 3 is 2.80 bits per heavy atom. The van der Waals surface area contributed by atoms with Crippen LogP contribution in [0.2, 0.25) is 5.15 Å². The Morgan fingerprint density at radius 2 is 1.96 bits per heavy atom. The Hall–Kier alpha value is -2.51. The van der Waals surface area contributed by atoms with Crippen LogP contribution in [0.15, 0.2) is 37.2 Å². The highest BCUT2D eigenvalue weighted by molar-refractivity contribution is 6.30. The SMILES string of the molecule is Fc1cnc(Cl)c(CN2CCc3nc(-c4cncnc4)ncc3C2)c1. The first kappa shape index (κ1) is 16.0. The Bertz CT molecular complexity index is 905. The Balaban J connectivity index is 1.53. The quantitative estimate of drug-likeness (QED) is 0.672. The smallest absolute Gasteiger partial charge is 0.162 e. The molecule has 0 radical (unpaired) electrons. The van der Waals surface area contributed by atoms with E-state index in [1.54, 1.807) is 12.4 Å². The number of fused-ring (bicyclic) bond motifs is 1. The standard InChI is InChI=1S/C17H14ClFN6/c18-16-11(3-14(19)7-22-16)8-25-2-1-15-13(9-25)6-23-17(24-15)12-4-20-10-21-5-12/h3-7,10H,1-2,8-9H2. The van der Waals surface area contributed by atoms with E-state index in [4.69, 9.17) is 11.6 Å². The van der Waals surface area contributed by atoms with E-state index < -0.39 is 0 Å². The summed E-state index contributed by atoms with van der Waals surface area (Å²) in [6, 6.07) is 1.43. The van der Waals surface area contributed by atoms with Crippen molar-refractivity contribution in [3.63, 3.8) is 0 Å². The normalized spacial score (nSPS) is 14.3. The molecule has 0 N–H and O–H groups in total. The molecule has 0 atom stereocenters. The average Bonchev–Trinajstić information content (AvgIpc) is 2.65. The molecule has 8 heteroatoms. The van der Waals surface area contributed by atoms with Crippen molar-refractivity contribution in [3.05, 3.63) is 65.0 Å². The van der Waals surface area contributed by atoms with Gasteiger partial charge in [0, 0.05) is 55.8 Å². The number of rotatable bonds is 3. The lowest BCUT2D eigenvalue weighted by Crippen LogP contribution is -2.31. The zero-order valence-electron chi connectivity index (χ0n) is 13.2. The lowest BCUT2D eigenvalue weighted by Gasteiger charge is -2.28. The van der Waals surface area contributed by atoms with Gasteiger partial charge in [0.25, 0.3) is 0 Å². The third-order valence-corrected chi connectivity index (χ3v) is 4.44. The maximum Gasteiger partial charge on any atom is 0.162 e. The monoisotopic (exact) mass is 356 g/mol. The maximum absolute atomic E-state index is 13.4. The minimum atomic E-state index is -0.380. The van der Waals surface area contributed by atoms with E-state index in [1.807, 2.05) is 6.20 Å². The van der Waals surface area contributed by atoms with Gasteiger partial charge in [-0.25, -0.2) is 29.3 Å². The maximum atomic E-state index is 13.4. The fourth-order valence-corrected chi connectivity index (χ4v) is 3.04. The van der Waals surface area contributed by atoms with E-state index in [0.717, 1.165) is 36.0 Å². The molecule has 0 unspecified atom stereocenters. The molecule has 0 fully saturated rings. The molecule has 25 heavy (non-hydrogen) atoms. The van der Waals surface area contributed by atoms with Crippen LogP contribution in [0.5, 0.6) is 0 Å². The number of hydrogen-bond donors (Lipinski definition) is 0. The molecule has 4 rings (SSSR count). The van der Waals surface area contributed by atoms with E-state index in [1.165, 1.54) is 12.4 Å². The molecule has 0 saturated carbocycles. The van der Waals surface area contributed by atoms with Gasteiger partial charge in [0.1, 0.15) is 17.3 Å². The second-order valence-corrected chi connectivity index (χ2v) is 6.21. The van der Waals surface area contributed by atoms with Crippen molar-refractivity contribution in [2.24, 2.45) is 0 Å².